The third-order valence-electron chi connectivity index (χ3n) is 2.92. The molecule has 0 aliphatic carbocycles. The number of carbonyl (C=O) groups is 1. The molecule has 0 aliphatic heterocycles. The zero-order valence-electron chi connectivity index (χ0n) is 12.5. The van der Waals surface area contributed by atoms with Crippen LogP contribution in [0.1, 0.15) is 23.7 Å². The number of rotatable bonds is 6. The lowest BCUT2D eigenvalue weighted by atomic mass is 10.1. The summed E-state index contributed by atoms with van der Waals surface area (Å²) in [6.45, 7) is 2.26. The first-order valence-corrected chi connectivity index (χ1v) is 6.95. The van der Waals surface area contributed by atoms with Gasteiger partial charge in [0.25, 0.3) is 5.91 Å². The quantitative estimate of drug-likeness (QED) is 0.624. The largest absolute Gasteiger partial charge is 0.487 e. The zero-order chi connectivity index (χ0) is 16.8. The van der Waals surface area contributed by atoms with Crippen LogP contribution in [-0.2, 0) is 0 Å². The number of benzene rings is 1. The molecule has 2 aromatic rings. The highest BCUT2D eigenvalue weighted by Gasteiger charge is 2.18. The summed E-state index contributed by atoms with van der Waals surface area (Å²) in [4.78, 5) is 26.6. The summed E-state index contributed by atoms with van der Waals surface area (Å²) in [6.07, 6.45) is 2.13. The van der Waals surface area contributed by atoms with Gasteiger partial charge in [-0.2, -0.15) is 0 Å². The molecule has 8 nitrogen and oxygen atoms in total. The minimum Gasteiger partial charge on any atom is -0.487 e. The van der Waals surface area contributed by atoms with Crippen LogP contribution in [0.4, 0.5) is 17.2 Å². The molecule has 0 unspecified atom stereocenters. The summed E-state index contributed by atoms with van der Waals surface area (Å²) >= 11 is 0. The highest BCUT2D eigenvalue weighted by molar-refractivity contribution is 6.04. The lowest BCUT2D eigenvalue weighted by molar-refractivity contribution is -0.385. The number of nitrogens with zero attached hydrogens (tertiary/aromatic N) is 2. The molecule has 3 N–H and O–H groups in total. The Morgan fingerprint density at radius 1 is 1.39 bits per heavy atom. The van der Waals surface area contributed by atoms with Gasteiger partial charge >= 0.3 is 5.69 Å². The maximum atomic E-state index is 12.2. The van der Waals surface area contributed by atoms with E-state index in [4.69, 9.17) is 10.5 Å². The van der Waals surface area contributed by atoms with Crippen LogP contribution < -0.4 is 15.8 Å². The predicted molar refractivity (Wildman–Crippen MR) is 85.5 cm³/mol. The molecule has 0 saturated heterocycles. The molecule has 1 heterocycles. The number of pyridine rings is 1. The van der Waals surface area contributed by atoms with E-state index in [1.165, 1.54) is 24.4 Å². The van der Waals surface area contributed by atoms with E-state index in [0.717, 1.165) is 6.42 Å². The van der Waals surface area contributed by atoms with Crippen molar-refractivity contribution in [1.29, 1.82) is 0 Å². The molecule has 120 valence electrons. The van der Waals surface area contributed by atoms with E-state index in [0.29, 0.717) is 18.1 Å². The van der Waals surface area contributed by atoms with Crippen LogP contribution in [0.25, 0.3) is 0 Å². The molecule has 0 bridgehead atoms. The molecule has 0 fully saturated rings. The van der Waals surface area contributed by atoms with Crippen molar-refractivity contribution in [3.8, 4) is 5.75 Å². The zero-order valence-corrected chi connectivity index (χ0v) is 12.5. The van der Waals surface area contributed by atoms with Crippen molar-refractivity contribution in [2.45, 2.75) is 13.3 Å². The van der Waals surface area contributed by atoms with Gasteiger partial charge in [-0.15, -0.1) is 0 Å². The first-order valence-electron chi connectivity index (χ1n) is 6.95. The second-order valence-corrected chi connectivity index (χ2v) is 4.71. The van der Waals surface area contributed by atoms with Crippen LogP contribution in [0.2, 0.25) is 0 Å². The molecule has 1 aromatic carbocycles. The smallest absolute Gasteiger partial charge is 0.311 e. The summed E-state index contributed by atoms with van der Waals surface area (Å²) < 4.78 is 5.32. The van der Waals surface area contributed by atoms with Gasteiger partial charge < -0.3 is 15.8 Å². The maximum absolute atomic E-state index is 12.2. The summed E-state index contributed by atoms with van der Waals surface area (Å²) in [5, 5.41) is 13.7. The van der Waals surface area contributed by atoms with Crippen LogP contribution >= 0.6 is 0 Å². The molecular weight excluding hydrogens is 300 g/mol. The number of nitro groups is 1. The Bertz CT molecular complexity index is 716. The third-order valence-corrected chi connectivity index (χ3v) is 2.92. The second-order valence-electron chi connectivity index (χ2n) is 4.71. The van der Waals surface area contributed by atoms with Crippen molar-refractivity contribution in [1.82, 2.24) is 4.98 Å². The number of hydrogen-bond acceptors (Lipinski definition) is 6. The molecule has 23 heavy (non-hydrogen) atoms. The minimum atomic E-state index is -0.577. The molecular formula is C15H16N4O4. The Labute approximate surface area is 132 Å². The van der Waals surface area contributed by atoms with E-state index >= 15 is 0 Å². The van der Waals surface area contributed by atoms with Crippen LogP contribution in [0.15, 0.2) is 36.5 Å². The van der Waals surface area contributed by atoms with Gasteiger partial charge in [0.2, 0.25) is 0 Å². The maximum Gasteiger partial charge on any atom is 0.311 e. The minimum absolute atomic E-state index is 0.141. The lowest BCUT2D eigenvalue weighted by Crippen LogP contribution is -2.13. The number of carbonyl (C=O) groups excluding carboxylic acids is 1. The van der Waals surface area contributed by atoms with E-state index in [9.17, 15) is 14.9 Å². The molecule has 0 spiro atoms. The molecule has 2 rings (SSSR count). The fourth-order valence-electron chi connectivity index (χ4n) is 1.82. The van der Waals surface area contributed by atoms with Gasteiger partial charge in [0.05, 0.1) is 23.4 Å². The van der Waals surface area contributed by atoms with E-state index in [1.54, 1.807) is 12.1 Å². The van der Waals surface area contributed by atoms with Crippen molar-refractivity contribution in [2.75, 3.05) is 17.7 Å². The fraction of sp³-hybridized carbons (Fsp3) is 0.200. The van der Waals surface area contributed by atoms with E-state index in [2.05, 4.69) is 10.3 Å². The molecule has 0 radical (unpaired) electrons. The SMILES string of the molecule is CCCOc1ccc(C(=O)Nc2ccc(N)nc2)cc1[N+](=O)[O-]. The molecule has 0 atom stereocenters. The monoisotopic (exact) mass is 316 g/mol. The molecule has 8 heteroatoms. The summed E-state index contributed by atoms with van der Waals surface area (Å²) in [5.74, 6) is -0.0136. The van der Waals surface area contributed by atoms with Gasteiger partial charge in [-0.05, 0) is 30.7 Å². The van der Waals surface area contributed by atoms with E-state index < -0.39 is 10.8 Å². The first kappa shape index (κ1) is 16.2. The lowest BCUT2D eigenvalue weighted by Gasteiger charge is -2.08. The molecule has 0 aliphatic rings. The van der Waals surface area contributed by atoms with Crippen molar-refractivity contribution < 1.29 is 14.5 Å². The summed E-state index contributed by atoms with van der Waals surface area (Å²) in [5.41, 5.74) is 5.81. The van der Waals surface area contributed by atoms with E-state index in [1.807, 2.05) is 6.92 Å². The number of nitrogen functional groups attached to an aromatic ring is 1. The fourth-order valence-corrected chi connectivity index (χ4v) is 1.82. The Balaban J connectivity index is 2.21. The van der Waals surface area contributed by atoms with Crippen LogP contribution in [0.3, 0.4) is 0 Å². The summed E-state index contributed by atoms with van der Waals surface area (Å²) in [6, 6.07) is 7.21. The van der Waals surface area contributed by atoms with Crippen LogP contribution in [-0.4, -0.2) is 22.4 Å². The molecule has 0 saturated carbocycles. The molecule has 1 aromatic heterocycles. The number of nitro benzene ring substituents is 1. The van der Waals surface area contributed by atoms with Crippen LogP contribution in [0.5, 0.6) is 5.75 Å². The Kier molecular flexibility index (Phi) is 5.08. The van der Waals surface area contributed by atoms with Crippen molar-refractivity contribution >= 4 is 23.1 Å². The number of ether oxygens (including phenoxy) is 1. The number of hydrogen-bond donors (Lipinski definition) is 2. The third kappa shape index (κ3) is 4.16. The Morgan fingerprint density at radius 2 is 2.17 bits per heavy atom. The van der Waals surface area contributed by atoms with Crippen LogP contribution in [0, 0.1) is 10.1 Å². The standard InChI is InChI=1S/C15H16N4O4/c1-2-7-23-13-5-3-10(8-12(13)19(21)22)15(20)18-11-4-6-14(16)17-9-11/h3-6,8-9H,2,7H2,1H3,(H2,16,17)(H,18,20). The van der Waals surface area contributed by atoms with Gasteiger partial charge in [0, 0.05) is 11.6 Å². The van der Waals surface area contributed by atoms with Gasteiger partial charge in [-0.3, -0.25) is 14.9 Å². The number of aromatic nitrogens is 1. The molecule has 1 amide bonds. The van der Waals surface area contributed by atoms with Gasteiger partial charge in [-0.25, -0.2) is 4.98 Å². The number of nitrogens with one attached hydrogen (secondary N) is 1. The van der Waals surface area contributed by atoms with Crippen molar-refractivity contribution in [3.63, 3.8) is 0 Å². The van der Waals surface area contributed by atoms with Gasteiger partial charge in [-0.1, -0.05) is 6.92 Å². The first-order chi connectivity index (χ1) is 11.0. The van der Waals surface area contributed by atoms with Gasteiger partial charge in [0.1, 0.15) is 5.82 Å². The highest BCUT2D eigenvalue weighted by atomic mass is 16.6. The van der Waals surface area contributed by atoms with Gasteiger partial charge in [0.15, 0.2) is 5.75 Å². The van der Waals surface area contributed by atoms with Crippen molar-refractivity contribution in [2.24, 2.45) is 0 Å². The van der Waals surface area contributed by atoms with E-state index in [-0.39, 0.29) is 17.0 Å². The second kappa shape index (κ2) is 7.21. The average molecular weight is 316 g/mol. The average Bonchev–Trinajstić information content (AvgIpc) is 2.54. The number of nitrogens with two attached hydrogens (primary N) is 1. The summed E-state index contributed by atoms with van der Waals surface area (Å²) in [7, 11) is 0. The predicted octanol–water partition coefficient (Wildman–Crippen LogP) is 2.61. The normalized spacial score (nSPS) is 10.1. The topological polar surface area (TPSA) is 120 Å². The van der Waals surface area contributed by atoms with Crippen molar-refractivity contribution in [3.05, 3.63) is 52.2 Å². The number of amides is 1. The Morgan fingerprint density at radius 3 is 2.78 bits per heavy atom. The Hall–Kier alpha value is -3.16. The highest BCUT2D eigenvalue weighted by Crippen LogP contribution is 2.28. The number of anilines is 2.